The van der Waals surface area contributed by atoms with E-state index in [4.69, 9.17) is 0 Å². The minimum absolute atomic E-state index is 0.146. The second-order valence-corrected chi connectivity index (χ2v) is 3.48. The zero-order chi connectivity index (χ0) is 7.40. The van der Waals surface area contributed by atoms with Gasteiger partial charge in [-0.25, -0.2) is 4.31 Å². The molecule has 1 amide bonds. The third-order valence-corrected chi connectivity index (χ3v) is 2.25. The summed E-state index contributed by atoms with van der Waals surface area (Å²) in [4.78, 5) is 10.8. The van der Waals surface area contributed by atoms with Crippen molar-refractivity contribution in [1.82, 2.24) is 9.62 Å². The van der Waals surface area contributed by atoms with E-state index in [0.717, 1.165) is 18.8 Å². The minimum atomic E-state index is 0.146. The first-order chi connectivity index (χ1) is 4.83. The number of hydrogen-bond donors (Lipinski definition) is 1. The summed E-state index contributed by atoms with van der Waals surface area (Å²) < 4.78 is 2.10. The molecule has 0 aromatic rings. The Morgan fingerprint density at radius 3 is 3.20 bits per heavy atom. The van der Waals surface area contributed by atoms with Crippen molar-refractivity contribution in [1.29, 1.82) is 0 Å². The number of carbonyl (C=O) groups is 1. The molecule has 0 bridgehead atoms. The quantitative estimate of drug-likeness (QED) is 0.581. The van der Waals surface area contributed by atoms with Crippen LogP contribution in [0.5, 0.6) is 0 Å². The van der Waals surface area contributed by atoms with Gasteiger partial charge in [0, 0.05) is 18.8 Å². The largest absolute Gasteiger partial charge is 0.354 e. The van der Waals surface area contributed by atoms with Gasteiger partial charge in [0.05, 0.1) is 6.54 Å². The second-order valence-electron chi connectivity index (χ2n) is 2.13. The van der Waals surface area contributed by atoms with Crippen LogP contribution in [0, 0.1) is 0 Å². The molecule has 58 valence electrons. The Morgan fingerprint density at radius 2 is 2.60 bits per heavy atom. The van der Waals surface area contributed by atoms with Gasteiger partial charge in [-0.3, -0.25) is 4.79 Å². The summed E-state index contributed by atoms with van der Waals surface area (Å²) in [5.74, 6) is 1.19. The molecule has 0 aliphatic carbocycles. The van der Waals surface area contributed by atoms with Crippen LogP contribution in [0.1, 0.15) is 6.92 Å². The fourth-order valence-electron chi connectivity index (χ4n) is 0.908. The summed E-state index contributed by atoms with van der Waals surface area (Å²) in [6, 6.07) is 0. The molecule has 0 spiro atoms. The van der Waals surface area contributed by atoms with E-state index < -0.39 is 0 Å². The molecule has 10 heavy (non-hydrogen) atoms. The number of piperazine rings is 1. The maximum atomic E-state index is 10.8. The average Bonchev–Trinajstić information content (AvgIpc) is 1.88. The molecule has 1 saturated heterocycles. The molecule has 0 atom stereocenters. The fourth-order valence-corrected chi connectivity index (χ4v) is 1.70. The number of amides is 1. The summed E-state index contributed by atoms with van der Waals surface area (Å²) >= 11 is 1.73. The minimum Gasteiger partial charge on any atom is -0.354 e. The molecule has 3 nitrogen and oxygen atoms in total. The molecule has 4 heteroatoms. The van der Waals surface area contributed by atoms with Crippen LogP contribution in [-0.2, 0) is 4.79 Å². The number of rotatable bonds is 2. The Balaban J connectivity index is 2.25. The Labute approximate surface area is 65.3 Å². The standard InChI is InChI=1S/C6H12N2OS/c1-2-10-8-4-3-7-6(9)5-8/h2-5H2,1H3,(H,7,9). The predicted molar refractivity (Wildman–Crippen MR) is 42.7 cm³/mol. The highest BCUT2D eigenvalue weighted by Gasteiger charge is 2.14. The highest BCUT2D eigenvalue weighted by molar-refractivity contribution is 7.97. The van der Waals surface area contributed by atoms with E-state index in [1.807, 2.05) is 0 Å². The summed E-state index contributed by atoms with van der Waals surface area (Å²) in [7, 11) is 0. The lowest BCUT2D eigenvalue weighted by Crippen LogP contribution is -2.44. The molecule has 1 rings (SSSR count). The summed E-state index contributed by atoms with van der Waals surface area (Å²) in [6.07, 6.45) is 0. The number of nitrogens with one attached hydrogen (secondary N) is 1. The number of hydrogen-bond acceptors (Lipinski definition) is 3. The molecule has 0 unspecified atom stereocenters. The molecule has 1 heterocycles. The van der Waals surface area contributed by atoms with Gasteiger partial charge in [0.2, 0.25) is 5.91 Å². The summed E-state index contributed by atoms with van der Waals surface area (Å²) in [5, 5.41) is 2.78. The molecule has 0 radical (unpaired) electrons. The van der Waals surface area contributed by atoms with Crippen molar-refractivity contribution in [2.75, 3.05) is 25.4 Å². The highest BCUT2D eigenvalue weighted by Crippen LogP contribution is 2.08. The van der Waals surface area contributed by atoms with Gasteiger partial charge in [-0.2, -0.15) is 0 Å². The Hall–Kier alpha value is -0.220. The molecule has 0 saturated carbocycles. The van der Waals surface area contributed by atoms with Crippen LogP contribution in [0.2, 0.25) is 0 Å². The van der Waals surface area contributed by atoms with Crippen molar-refractivity contribution >= 4 is 17.9 Å². The van der Waals surface area contributed by atoms with Crippen LogP contribution in [-0.4, -0.2) is 35.6 Å². The summed E-state index contributed by atoms with van der Waals surface area (Å²) in [5.41, 5.74) is 0. The lowest BCUT2D eigenvalue weighted by molar-refractivity contribution is -0.122. The van der Waals surface area contributed by atoms with Crippen molar-refractivity contribution in [2.24, 2.45) is 0 Å². The molecule has 1 aliphatic rings. The van der Waals surface area contributed by atoms with E-state index >= 15 is 0 Å². The first-order valence-corrected chi connectivity index (χ1v) is 4.41. The monoisotopic (exact) mass is 160 g/mol. The molecule has 0 aromatic carbocycles. The van der Waals surface area contributed by atoms with Gasteiger partial charge in [-0.1, -0.05) is 18.9 Å². The van der Waals surface area contributed by atoms with Crippen LogP contribution < -0.4 is 5.32 Å². The zero-order valence-electron chi connectivity index (χ0n) is 6.09. The van der Waals surface area contributed by atoms with Gasteiger partial charge in [0.1, 0.15) is 0 Å². The first-order valence-electron chi connectivity index (χ1n) is 3.47. The topological polar surface area (TPSA) is 32.3 Å². The van der Waals surface area contributed by atoms with Crippen molar-refractivity contribution in [3.05, 3.63) is 0 Å². The van der Waals surface area contributed by atoms with Gasteiger partial charge < -0.3 is 5.32 Å². The SMILES string of the molecule is CCSN1CCNC(=O)C1. The van der Waals surface area contributed by atoms with Crippen LogP contribution in [0.25, 0.3) is 0 Å². The summed E-state index contributed by atoms with van der Waals surface area (Å²) in [6.45, 7) is 4.42. The molecular weight excluding hydrogens is 148 g/mol. The highest BCUT2D eigenvalue weighted by atomic mass is 32.2. The first kappa shape index (κ1) is 7.88. The van der Waals surface area contributed by atoms with Gasteiger partial charge >= 0.3 is 0 Å². The van der Waals surface area contributed by atoms with Crippen molar-refractivity contribution < 1.29 is 4.79 Å². The van der Waals surface area contributed by atoms with Crippen LogP contribution >= 0.6 is 11.9 Å². The van der Waals surface area contributed by atoms with Crippen molar-refractivity contribution in [2.45, 2.75) is 6.92 Å². The molecule has 1 aliphatic heterocycles. The lowest BCUT2D eigenvalue weighted by Gasteiger charge is -2.24. The Kier molecular flexibility index (Phi) is 3.02. The number of nitrogens with zero attached hydrogens (tertiary/aromatic N) is 1. The smallest absolute Gasteiger partial charge is 0.235 e. The van der Waals surface area contributed by atoms with Crippen LogP contribution in [0.4, 0.5) is 0 Å². The predicted octanol–water partition coefficient (Wildman–Crippen LogP) is 0.0863. The van der Waals surface area contributed by atoms with Crippen LogP contribution in [0.15, 0.2) is 0 Å². The van der Waals surface area contributed by atoms with Crippen LogP contribution in [0.3, 0.4) is 0 Å². The normalized spacial score (nSPS) is 20.7. The van der Waals surface area contributed by atoms with E-state index in [2.05, 4.69) is 16.5 Å². The molecule has 1 fully saturated rings. The van der Waals surface area contributed by atoms with E-state index in [0.29, 0.717) is 6.54 Å². The second kappa shape index (κ2) is 3.83. The van der Waals surface area contributed by atoms with Gasteiger partial charge in [0.25, 0.3) is 0 Å². The van der Waals surface area contributed by atoms with E-state index in [-0.39, 0.29) is 5.91 Å². The van der Waals surface area contributed by atoms with E-state index in [1.165, 1.54) is 0 Å². The fraction of sp³-hybridized carbons (Fsp3) is 0.833. The molecular formula is C6H12N2OS. The van der Waals surface area contributed by atoms with E-state index in [1.54, 1.807) is 11.9 Å². The van der Waals surface area contributed by atoms with Gasteiger partial charge in [-0.15, -0.1) is 0 Å². The maximum absolute atomic E-state index is 10.8. The third kappa shape index (κ3) is 2.19. The van der Waals surface area contributed by atoms with E-state index in [9.17, 15) is 4.79 Å². The average molecular weight is 160 g/mol. The Morgan fingerprint density at radius 1 is 1.80 bits per heavy atom. The van der Waals surface area contributed by atoms with Gasteiger partial charge in [0.15, 0.2) is 0 Å². The third-order valence-electron chi connectivity index (χ3n) is 1.32. The molecule has 1 N–H and O–H groups in total. The lowest BCUT2D eigenvalue weighted by atomic mass is 10.4. The van der Waals surface area contributed by atoms with Crippen molar-refractivity contribution in [3.8, 4) is 0 Å². The van der Waals surface area contributed by atoms with Gasteiger partial charge in [-0.05, 0) is 0 Å². The maximum Gasteiger partial charge on any atom is 0.235 e. The molecule has 0 aromatic heterocycles. The Bertz CT molecular complexity index is 127. The van der Waals surface area contributed by atoms with Crippen molar-refractivity contribution in [3.63, 3.8) is 0 Å². The number of carbonyl (C=O) groups excluding carboxylic acids is 1. The zero-order valence-corrected chi connectivity index (χ0v) is 6.91.